The molecule has 0 fully saturated rings. The topological polar surface area (TPSA) is 110 Å². The van der Waals surface area contributed by atoms with Crippen LogP contribution < -0.4 is 10.5 Å². The van der Waals surface area contributed by atoms with E-state index in [-0.39, 0.29) is 17.0 Å². The summed E-state index contributed by atoms with van der Waals surface area (Å²) in [6, 6.07) is 5.96. The smallest absolute Gasteiger partial charge is 0.408 e. The third-order valence-corrected chi connectivity index (χ3v) is 4.35. The molecule has 1 aromatic carbocycles. The number of H-pyrrole nitrogens is 1. The lowest BCUT2D eigenvalue weighted by Crippen LogP contribution is -2.27. The predicted molar refractivity (Wildman–Crippen MR) is 74.3 cm³/mol. The van der Waals surface area contributed by atoms with E-state index in [0.717, 1.165) is 0 Å². The number of fused-ring (bicyclic) bond motifs is 1. The van der Waals surface area contributed by atoms with Crippen LogP contribution in [0.1, 0.15) is 0 Å². The van der Waals surface area contributed by atoms with Gasteiger partial charge in [-0.25, -0.2) is 17.9 Å². The van der Waals surface area contributed by atoms with E-state index < -0.39 is 15.8 Å². The lowest BCUT2D eigenvalue weighted by molar-refractivity contribution is 0.551. The number of aromatic amines is 1. The third-order valence-electron chi connectivity index (χ3n) is 2.89. The fourth-order valence-electron chi connectivity index (χ4n) is 1.90. The summed E-state index contributed by atoms with van der Waals surface area (Å²) in [6.45, 7) is 0.632. The molecule has 0 atom stereocenters. The molecule has 0 aliphatic heterocycles. The maximum atomic E-state index is 12.1. The lowest BCUT2D eigenvalue weighted by atomic mass is 10.3. The third kappa shape index (κ3) is 2.88. The normalized spacial score (nSPS) is 12.0. The summed E-state index contributed by atoms with van der Waals surface area (Å²) < 4.78 is 33.2. The molecule has 2 N–H and O–H groups in total. The standard InChI is InChI=1S/C12H12N4O4S/c17-12-15-10-3-2-9(8-11(10)20-12)21(18,19)14-5-7-16-6-1-4-13-16/h1-4,6,8,14H,5,7H2,(H,15,17). The van der Waals surface area contributed by atoms with E-state index in [2.05, 4.69) is 14.8 Å². The summed E-state index contributed by atoms with van der Waals surface area (Å²) in [6.07, 6.45) is 3.37. The molecule has 2 heterocycles. The number of hydrogen-bond acceptors (Lipinski definition) is 5. The van der Waals surface area contributed by atoms with Crippen molar-refractivity contribution in [3.05, 3.63) is 47.2 Å². The Morgan fingerprint density at radius 1 is 1.38 bits per heavy atom. The van der Waals surface area contributed by atoms with Crippen molar-refractivity contribution in [1.29, 1.82) is 0 Å². The number of oxazole rings is 1. The second-order valence-electron chi connectivity index (χ2n) is 4.34. The Bertz CT molecular complexity index is 908. The molecule has 0 radical (unpaired) electrons. The van der Waals surface area contributed by atoms with Crippen LogP contribution in [-0.4, -0.2) is 29.7 Å². The molecule has 0 unspecified atom stereocenters. The van der Waals surface area contributed by atoms with Crippen LogP contribution in [0.25, 0.3) is 11.1 Å². The Morgan fingerprint density at radius 3 is 3.00 bits per heavy atom. The zero-order chi connectivity index (χ0) is 14.9. The van der Waals surface area contributed by atoms with Crippen molar-refractivity contribution in [1.82, 2.24) is 19.5 Å². The Morgan fingerprint density at radius 2 is 2.24 bits per heavy atom. The first-order valence-corrected chi connectivity index (χ1v) is 7.63. The second kappa shape index (κ2) is 5.19. The molecule has 0 aliphatic carbocycles. The van der Waals surface area contributed by atoms with Crippen LogP contribution in [0, 0.1) is 0 Å². The number of nitrogens with one attached hydrogen (secondary N) is 2. The van der Waals surface area contributed by atoms with Crippen LogP contribution in [0.2, 0.25) is 0 Å². The minimum Gasteiger partial charge on any atom is -0.408 e. The molecule has 0 aliphatic rings. The van der Waals surface area contributed by atoms with Crippen molar-refractivity contribution in [2.75, 3.05) is 6.54 Å². The highest BCUT2D eigenvalue weighted by Crippen LogP contribution is 2.16. The van der Waals surface area contributed by atoms with Gasteiger partial charge in [0.15, 0.2) is 5.58 Å². The first-order valence-electron chi connectivity index (χ1n) is 6.14. The van der Waals surface area contributed by atoms with Crippen LogP contribution in [0.3, 0.4) is 0 Å². The number of sulfonamides is 1. The molecule has 0 spiro atoms. The highest BCUT2D eigenvalue weighted by molar-refractivity contribution is 7.89. The molecule has 2 aromatic heterocycles. The van der Waals surface area contributed by atoms with Crippen LogP contribution >= 0.6 is 0 Å². The number of nitrogens with zero attached hydrogens (tertiary/aromatic N) is 2. The van der Waals surface area contributed by atoms with Gasteiger partial charge in [-0.1, -0.05) is 0 Å². The second-order valence-corrected chi connectivity index (χ2v) is 6.11. The van der Waals surface area contributed by atoms with E-state index in [0.29, 0.717) is 12.1 Å². The quantitative estimate of drug-likeness (QED) is 0.704. The average molecular weight is 308 g/mol. The van der Waals surface area contributed by atoms with Crippen molar-refractivity contribution in [3.8, 4) is 0 Å². The molecule has 3 rings (SSSR count). The molecular weight excluding hydrogens is 296 g/mol. The van der Waals surface area contributed by atoms with Crippen molar-refractivity contribution in [3.63, 3.8) is 0 Å². The van der Waals surface area contributed by atoms with E-state index in [1.165, 1.54) is 18.2 Å². The Kier molecular flexibility index (Phi) is 3.35. The largest absolute Gasteiger partial charge is 0.417 e. The van der Waals surface area contributed by atoms with Crippen LogP contribution in [0.4, 0.5) is 0 Å². The first-order chi connectivity index (χ1) is 10.0. The van der Waals surface area contributed by atoms with Crippen molar-refractivity contribution < 1.29 is 12.8 Å². The van der Waals surface area contributed by atoms with Crippen molar-refractivity contribution in [2.24, 2.45) is 0 Å². The molecule has 110 valence electrons. The summed E-state index contributed by atoms with van der Waals surface area (Å²) in [5, 5.41) is 3.98. The van der Waals surface area contributed by atoms with Gasteiger partial charge in [0.25, 0.3) is 0 Å². The summed E-state index contributed by atoms with van der Waals surface area (Å²) >= 11 is 0. The molecule has 0 saturated heterocycles. The van der Waals surface area contributed by atoms with Gasteiger partial charge in [-0.15, -0.1) is 0 Å². The highest BCUT2D eigenvalue weighted by Gasteiger charge is 2.15. The Hall–Kier alpha value is -2.39. The molecular formula is C12H12N4O4S. The Labute approximate surface area is 119 Å². The maximum Gasteiger partial charge on any atom is 0.417 e. The van der Waals surface area contributed by atoms with E-state index in [9.17, 15) is 13.2 Å². The van der Waals surface area contributed by atoms with Crippen LogP contribution in [-0.2, 0) is 16.6 Å². The number of rotatable bonds is 5. The summed E-state index contributed by atoms with van der Waals surface area (Å²) in [5.41, 5.74) is 0.658. The van der Waals surface area contributed by atoms with Gasteiger partial charge in [-0.3, -0.25) is 9.67 Å². The van der Waals surface area contributed by atoms with Gasteiger partial charge in [0.1, 0.15) is 0 Å². The summed E-state index contributed by atoms with van der Waals surface area (Å²) in [7, 11) is -3.66. The van der Waals surface area contributed by atoms with Crippen molar-refractivity contribution in [2.45, 2.75) is 11.4 Å². The maximum absolute atomic E-state index is 12.1. The zero-order valence-electron chi connectivity index (χ0n) is 10.8. The summed E-state index contributed by atoms with van der Waals surface area (Å²) in [4.78, 5) is 13.5. The predicted octanol–water partition coefficient (Wildman–Crippen LogP) is 0.296. The van der Waals surface area contributed by atoms with Crippen LogP contribution in [0.5, 0.6) is 0 Å². The van der Waals surface area contributed by atoms with Gasteiger partial charge in [0, 0.05) is 25.0 Å². The molecule has 0 amide bonds. The highest BCUT2D eigenvalue weighted by atomic mass is 32.2. The molecule has 8 nitrogen and oxygen atoms in total. The number of aromatic nitrogens is 3. The van der Waals surface area contributed by atoms with Crippen molar-refractivity contribution >= 4 is 21.1 Å². The van der Waals surface area contributed by atoms with E-state index in [1.54, 1.807) is 23.1 Å². The van der Waals surface area contributed by atoms with Gasteiger partial charge >= 0.3 is 5.76 Å². The Balaban J connectivity index is 1.77. The zero-order valence-corrected chi connectivity index (χ0v) is 11.6. The fourth-order valence-corrected chi connectivity index (χ4v) is 2.94. The molecule has 3 aromatic rings. The lowest BCUT2D eigenvalue weighted by Gasteiger charge is -2.06. The molecule has 9 heteroatoms. The van der Waals surface area contributed by atoms with E-state index in [4.69, 9.17) is 4.42 Å². The van der Waals surface area contributed by atoms with Gasteiger partial charge < -0.3 is 4.42 Å². The molecule has 21 heavy (non-hydrogen) atoms. The minimum absolute atomic E-state index is 0.0400. The van der Waals surface area contributed by atoms with Gasteiger partial charge in [0.2, 0.25) is 10.0 Å². The summed E-state index contributed by atoms with van der Waals surface area (Å²) in [5.74, 6) is -0.619. The first kappa shape index (κ1) is 13.6. The number of benzene rings is 1. The van der Waals surface area contributed by atoms with Gasteiger partial charge in [0.05, 0.1) is 17.0 Å². The SMILES string of the molecule is O=c1[nH]c2ccc(S(=O)(=O)NCCn3cccn3)cc2o1. The monoisotopic (exact) mass is 308 g/mol. The van der Waals surface area contributed by atoms with Gasteiger partial charge in [-0.2, -0.15) is 5.10 Å². The number of hydrogen-bond donors (Lipinski definition) is 2. The van der Waals surface area contributed by atoms with Crippen LogP contribution in [0.15, 0.2) is 50.8 Å². The molecule has 0 bridgehead atoms. The average Bonchev–Trinajstić information content (AvgIpc) is 3.05. The molecule has 0 saturated carbocycles. The van der Waals surface area contributed by atoms with E-state index in [1.807, 2.05) is 0 Å². The van der Waals surface area contributed by atoms with Gasteiger partial charge in [-0.05, 0) is 18.2 Å². The van der Waals surface area contributed by atoms with E-state index >= 15 is 0 Å². The minimum atomic E-state index is -3.66. The fraction of sp³-hybridized carbons (Fsp3) is 0.167.